The fraction of sp³-hybridized carbons (Fsp3) is 0.786. The molecule has 7 nitrogen and oxygen atoms in total. The summed E-state index contributed by atoms with van der Waals surface area (Å²) in [6.07, 6.45) is 1.76. The first-order chi connectivity index (χ1) is 9.61. The van der Waals surface area contributed by atoms with Gasteiger partial charge in [0.1, 0.15) is 13.1 Å². The highest BCUT2D eigenvalue weighted by Gasteiger charge is 2.32. The number of carbonyl (C=O) groups is 3. The van der Waals surface area contributed by atoms with E-state index >= 15 is 0 Å². The number of nitrogens with zero attached hydrogens (tertiary/aromatic N) is 2. The molecule has 0 unspecified atom stereocenters. The number of hydrogen-bond donors (Lipinski definition) is 2. The van der Waals surface area contributed by atoms with Crippen LogP contribution in [0.2, 0.25) is 0 Å². The Kier molecular flexibility index (Phi) is 5.57. The van der Waals surface area contributed by atoms with Crippen LogP contribution in [0, 0.1) is 11.3 Å². The molecule has 3 N–H and O–H groups in total. The SMILES string of the molecule is CC(C)(C)C1CCN(C(=O)N(CC(N)=O)CC(=O)O)CC1. The predicted octanol–water partition coefficient (Wildman–Crippen LogP) is 0.736. The van der Waals surface area contributed by atoms with Crippen LogP contribution in [-0.4, -0.2) is 59.0 Å². The summed E-state index contributed by atoms with van der Waals surface area (Å²) < 4.78 is 0. The molecule has 1 rings (SSSR count). The fourth-order valence-corrected chi connectivity index (χ4v) is 2.68. The van der Waals surface area contributed by atoms with Gasteiger partial charge >= 0.3 is 12.0 Å². The minimum absolute atomic E-state index is 0.198. The molecule has 1 aliphatic rings. The summed E-state index contributed by atoms with van der Waals surface area (Å²) in [4.78, 5) is 36.7. The van der Waals surface area contributed by atoms with E-state index in [1.807, 2.05) is 0 Å². The monoisotopic (exact) mass is 299 g/mol. The number of amides is 3. The molecular formula is C14H25N3O4. The number of primary amides is 1. The lowest BCUT2D eigenvalue weighted by Gasteiger charge is -2.40. The number of aliphatic carboxylic acids is 1. The molecule has 1 saturated heterocycles. The van der Waals surface area contributed by atoms with Crippen LogP contribution in [0.1, 0.15) is 33.6 Å². The molecule has 0 spiro atoms. The van der Waals surface area contributed by atoms with Gasteiger partial charge < -0.3 is 20.6 Å². The molecule has 0 atom stereocenters. The Morgan fingerprint density at radius 1 is 1.19 bits per heavy atom. The number of likely N-dealkylation sites (tertiary alicyclic amines) is 1. The number of carboxylic acid groups (broad SMARTS) is 1. The average Bonchev–Trinajstić information content (AvgIpc) is 2.35. The van der Waals surface area contributed by atoms with E-state index in [1.165, 1.54) is 0 Å². The van der Waals surface area contributed by atoms with Crippen molar-refractivity contribution in [2.75, 3.05) is 26.2 Å². The smallest absolute Gasteiger partial charge is 0.323 e. The van der Waals surface area contributed by atoms with Gasteiger partial charge in [-0.25, -0.2) is 4.79 Å². The lowest BCUT2D eigenvalue weighted by molar-refractivity contribution is -0.138. The zero-order chi connectivity index (χ0) is 16.2. The number of carbonyl (C=O) groups excluding carboxylic acids is 2. The summed E-state index contributed by atoms with van der Waals surface area (Å²) in [6.45, 7) is 6.81. The highest BCUT2D eigenvalue weighted by atomic mass is 16.4. The van der Waals surface area contributed by atoms with Crippen LogP contribution in [0.25, 0.3) is 0 Å². The lowest BCUT2D eigenvalue weighted by atomic mass is 9.75. The quantitative estimate of drug-likeness (QED) is 0.798. The predicted molar refractivity (Wildman–Crippen MR) is 77.6 cm³/mol. The third-order valence-electron chi connectivity index (χ3n) is 3.93. The van der Waals surface area contributed by atoms with Crippen molar-refractivity contribution in [3.63, 3.8) is 0 Å². The summed E-state index contributed by atoms with van der Waals surface area (Å²) in [5, 5.41) is 8.83. The van der Waals surface area contributed by atoms with Gasteiger partial charge in [0, 0.05) is 13.1 Å². The van der Waals surface area contributed by atoms with Gasteiger partial charge in [-0.2, -0.15) is 0 Å². The van der Waals surface area contributed by atoms with Gasteiger partial charge in [-0.15, -0.1) is 0 Å². The standard InChI is InChI=1S/C14H25N3O4/c1-14(2,3)10-4-6-16(7-5-10)13(21)17(8-11(15)18)9-12(19)20/h10H,4-9H2,1-3H3,(H2,15,18)(H,19,20). The van der Waals surface area contributed by atoms with E-state index in [9.17, 15) is 14.4 Å². The van der Waals surface area contributed by atoms with Crippen molar-refractivity contribution < 1.29 is 19.5 Å². The van der Waals surface area contributed by atoms with Gasteiger partial charge in [0.15, 0.2) is 0 Å². The number of nitrogens with two attached hydrogens (primary N) is 1. The van der Waals surface area contributed by atoms with Crippen molar-refractivity contribution in [1.29, 1.82) is 0 Å². The maximum Gasteiger partial charge on any atom is 0.323 e. The Morgan fingerprint density at radius 3 is 2.10 bits per heavy atom. The second kappa shape index (κ2) is 6.78. The molecule has 0 aromatic heterocycles. The van der Waals surface area contributed by atoms with Gasteiger partial charge in [-0.3, -0.25) is 9.59 Å². The molecule has 0 aliphatic carbocycles. The first kappa shape index (κ1) is 17.3. The molecule has 7 heteroatoms. The number of rotatable bonds is 4. The Hall–Kier alpha value is -1.79. The van der Waals surface area contributed by atoms with E-state index in [0.717, 1.165) is 17.7 Å². The Balaban J connectivity index is 2.65. The van der Waals surface area contributed by atoms with Crippen LogP contribution >= 0.6 is 0 Å². The molecular weight excluding hydrogens is 274 g/mol. The summed E-state index contributed by atoms with van der Waals surface area (Å²) in [7, 11) is 0. The van der Waals surface area contributed by atoms with Crippen LogP contribution in [0.3, 0.4) is 0 Å². The van der Waals surface area contributed by atoms with Crippen molar-refractivity contribution in [3.8, 4) is 0 Å². The maximum atomic E-state index is 12.3. The van der Waals surface area contributed by atoms with Crippen LogP contribution in [0.5, 0.6) is 0 Å². The van der Waals surface area contributed by atoms with Crippen molar-refractivity contribution >= 4 is 17.9 Å². The third kappa shape index (κ3) is 5.24. The van der Waals surface area contributed by atoms with Crippen LogP contribution < -0.4 is 5.73 Å². The summed E-state index contributed by atoms with van der Waals surface area (Å²) in [5.41, 5.74) is 5.27. The molecule has 1 heterocycles. The average molecular weight is 299 g/mol. The van der Waals surface area contributed by atoms with E-state index in [4.69, 9.17) is 10.8 Å². The Bertz CT molecular complexity index is 393. The van der Waals surface area contributed by atoms with Crippen molar-refractivity contribution in [2.45, 2.75) is 33.6 Å². The lowest BCUT2D eigenvalue weighted by Crippen LogP contribution is -2.51. The van der Waals surface area contributed by atoms with Gasteiger partial charge in [0.05, 0.1) is 0 Å². The number of piperidine rings is 1. The van der Waals surface area contributed by atoms with Gasteiger partial charge in [0.25, 0.3) is 0 Å². The maximum absolute atomic E-state index is 12.3. The van der Waals surface area contributed by atoms with Crippen LogP contribution in [0.4, 0.5) is 4.79 Å². The third-order valence-corrected chi connectivity index (χ3v) is 3.93. The van der Waals surface area contributed by atoms with Crippen molar-refractivity contribution in [3.05, 3.63) is 0 Å². The molecule has 0 bridgehead atoms. The zero-order valence-electron chi connectivity index (χ0n) is 13.0. The molecule has 0 radical (unpaired) electrons. The normalized spacial score (nSPS) is 16.6. The van der Waals surface area contributed by atoms with Crippen LogP contribution in [0.15, 0.2) is 0 Å². The van der Waals surface area contributed by atoms with E-state index in [2.05, 4.69) is 20.8 Å². The fourth-order valence-electron chi connectivity index (χ4n) is 2.68. The van der Waals surface area contributed by atoms with E-state index in [0.29, 0.717) is 19.0 Å². The molecule has 0 aromatic rings. The van der Waals surface area contributed by atoms with E-state index in [-0.39, 0.29) is 12.0 Å². The minimum Gasteiger partial charge on any atom is -0.480 e. The number of urea groups is 1. The first-order valence-corrected chi connectivity index (χ1v) is 7.15. The molecule has 1 fully saturated rings. The van der Waals surface area contributed by atoms with Gasteiger partial charge in [-0.1, -0.05) is 20.8 Å². The largest absolute Gasteiger partial charge is 0.480 e. The zero-order valence-corrected chi connectivity index (χ0v) is 13.0. The minimum atomic E-state index is -1.16. The first-order valence-electron chi connectivity index (χ1n) is 7.15. The molecule has 0 saturated carbocycles. The van der Waals surface area contributed by atoms with E-state index < -0.39 is 24.5 Å². The molecule has 120 valence electrons. The van der Waals surface area contributed by atoms with E-state index in [1.54, 1.807) is 4.90 Å². The highest BCUT2D eigenvalue weighted by molar-refractivity contribution is 5.86. The van der Waals surface area contributed by atoms with Crippen molar-refractivity contribution in [2.24, 2.45) is 17.1 Å². The summed E-state index contributed by atoms with van der Waals surface area (Å²) in [6, 6.07) is -0.427. The van der Waals surface area contributed by atoms with Crippen molar-refractivity contribution in [1.82, 2.24) is 9.80 Å². The number of carboxylic acids is 1. The molecule has 0 aromatic carbocycles. The second-order valence-corrected chi connectivity index (χ2v) is 6.63. The summed E-state index contributed by atoms with van der Waals surface area (Å²) >= 11 is 0. The molecule has 1 aliphatic heterocycles. The van der Waals surface area contributed by atoms with Gasteiger partial charge in [0.2, 0.25) is 5.91 Å². The topological polar surface area (TPSA) is 104 Å². The second-order valence-electron chi connectivity index (χ2n) is 6.63. The Labute approximate surface area is 125 Å². The number of hydrogen-bond acceptors (Lipinski definition) is 3. The molecule has 21 heavy (non-hydrogen) atoms. The molecule has 3 amide bonds. The van der Waals surface area contributed by atoms with Gasteiger partial charge in [-0.05, 0) is 24.2 Å². The highest BCUT2D eigenvalue weighted by Crippen LogP contribution is 2.34. The van der Waals surface area contributed by atoms with Crippen LogP contribution in [-0.2, 0) is 9.59 Å². The Morgan fingerprint density at radius 2 is 1.71 bits per heavy atom. The summed E-state index contributed by atoms with van der Waals surface area (Å²) in [5.74, 6) is -1.34.